The number of ether oxygens (including phenoxy) is 1. The van der Waals surface area contributed by atoms with Gasteiger partial charge >= 0.3 is 0 Å². The number of benzene rings is 1. The summed E-state index contributed by atoms with van der Waals surface area (Å²) in [7, 11) is 1.65. The van der Waals surface area contributed by atoms with Gasteiger partial charge in [0.2, 0.25) is 0 Å². The largest absolute Gasteiger partial charge is 0.368 e. The standard InChI is InChI=1S/C19H28N2O2/c1-14(16-8-7-15-5-3-4-6-17(15)13-16)21-18(22)19(23-2)9-11-20-12-10-19/h7-8,13-14,20H,3-6,9-12H2,1-2H3,(H,21,22). The highest BCUT2D eigenvalue weighted by Gasteiger charge is 2.40. The molecule has 4 nitrogen and oxygen atoms in total. The Balaban J connectivity index is 1.70. The molecule has 1 atom stereocenters. The monoisotopic (exact) mass is 316 g/mol. The summed E-state index contributed by atoms with van der Waals surface area (Å²) in [4.78, 5) is 12.8. The van der Waals surface area contributed by atoms with Gasteiger partial charge in [-0.05, 0) is 75.2 Å². The lowest BCUT2D eigenvalue weighted by molar-refractivity contribution is -0.147. The average Bonchev–Trinajstić information content (AvgIpc) is 2.61. The van der Waals surface area contributed by atoms with E-state index in [-0.39, 0.29) is 11.9 Å². The third kappa shape index (κ3) is 3.43. The number of piperidine rings is 1. The average molecular weight is 316 g/mol. The predicted octanol–water partition coefficient (Wildman–Crippen LogP) is 2.51. The fourth-order valence-corrected chi connectivity index (χ4v) is 3.79. The van der Waals surface area contributed by atoms with Crippen LogP contribution in [-0.2, 0) is 22.4 Å². The van der Waals surface area contributed by atoms with Gasteiger partial charge in [-0.15, -0.1) is 0 Å². The Morgan fingerprint density at radius 1 is 1.22 bits per heavy atom. The second-order valence-electron chi connectivity index (χ2n) is 6.88. The first-order chi connectivity index (χ1) is 11.1. The molecule has 126 valence electrons. The lowest BCUT2D eigenvalue weighted by Gasteiger charge is -2.35. The molecular weight excluding hydrogens is 288 g/mol. The van der Waals surface area contributed by atoms with Crippen molar-refractivity contribution in [2.24, 2.45) is 0 Å². The van der Waals surface area contributed by atoms with Crippen molar-refractivity contribution in [3.63, 3.8) is 0 Å². The predicted molar refractivity (Wildman–Crippen MR) is 91.5 cm³/mol. The molecule has 3 rings (SSSR count). The van der Waals surface area contributed by atoms with Gasteiger partial charge in [-0.3, -0.25) is 4.79 Å². The fraction of sp³-hybridized carbons (Fsp3) is 0.632. The first-order valence-electron chi connectivity index (χ1n) is 8.83. The maximum Gasteiger partial charge on any atom is 0.252 e. The molecule has 23 heavy (non-hydrogen) atoms. The zero-order valence-electron chi connectivity index (χ0n) is 14.3. The quantitative estimate of drug-likeness (QED) is 0.897. The number of nitrogens with one attached hydrogen (secondary N) is 2. The third-order valence-electron chi connectivity index (χ3n) is 5.44. The molecule has 1 aromatic carbocycles. The number of methoxy groups -OCH3 is 1. The van der Waals surface area contributed by atoms with E-state index in [4.69, 9.17) is 4.74 Å². The van der Waals surface area contributed by atoms with Crippen LogP contribution in [0.2, 0.25) is 0 Å². The molecule has 1 aromatic rings. The van der Waals surface area contributed by atoms with Crippen molar-refractivity contribution in [2.75, 3.05) is 20.2 Å². The Bertz CT molecular complexity index is 564. The van der Waals surface area contributed by atoms with Crippen molar-refractivity contribution in [3.05, 3.63) is 34.9 Å². The van der Waals surface area contributed by atoms with Gasteiger partial charge in [-0.25, -0.2) is 0 Å². The van der Waals surface area contributed by atoms with Crippen molar-refractivity contribution in [3.8, 4) is 0 Å². The summed E-state index contributed by atoms with van der Waals surface area (Å²) >= 11 is 0. The van der Waals surface area contributed by atoms with Crippen molar-refractivity contribution < 1.29 is 9.53 Å². The van der Waals surface area contributed by atoms with Crippen LogP contribution in [0.1, 0.15) is 55.3 Å². The third-order valence-corrected chi connectivity index (χ3v) is 5.44. The highest BCUT2D eigenvalue weighted by Crippen LogP contribution is 2.27. The van der Waals surface area contributed by atoms with Crippen molar-refractivity contribution in [1.29, 1.82) is 0 Å². The first kappa shape index (κ1) is 16.5. The molecule has 1 aliphatic carbocycles. The molecule has 1 amide bonds. The summed E-state index contributed by atoms with van der Waals surface area (Å²) < 4.78 is 5.62. The van der Waals surface area contributed by atoms with E-state index in [1.807, 2.05) is 0 Å². The minimum Gasteiger partial charge on any atom is -0.368 e. The van der Waals surface area contributed by atoms with Gasteiger partial charge in [0.1, 0.15) is 5.60 Å². The molecule has 0 saturated carbocycles. The summed E-state index contributed by atoms with van der Waals surface area (Å²) in [6.07, 6.45) is 6.38. The minimum absolute atomic E-state index is 0.0108. The molecule has 1 fully saturated rings. The highest BCUT2D eigenvalue weighted by molar-refractivity contribution is 5.85. The lowest BCUT2D eigenvalue weighted by atomic mass is 9.88. The molecular formula is C19H28N2O2. The van der Waals surface area contributed by atoms with Gasteiger partial charge in [0.25, 0.3) is 5.91 Å². The molecule has 0 radical (unpaired) electrons. The smallest absolute Gasteiger partial charge is 0.252 e. The number of carbonyl (C=O) groups is 1. The zero-order valence-corrected chi connectivity index (χ0v) is 14.3. The van der Waals surface area contributed by atoms with Crippen LogP contribution in [0.3, 0.4) is 0 Å². The summed E-state index contributed by atoms with van der Waals surface area (Å²) in [6.45, 7) is 3.72. The van der Waals surface area contributed by atoms with E-state index < -0.39 is 5.60 Å². The van der Waals surface area contributed by atoms with E-state index >= 15 is 0 Å². The van der Waals surface area contributed by atoms with Crippen LogP contribution >= 0.6 is 0 Å². The topological polar surface area (TPSA) is 50.4 Å². The Kier molecular flexibility index (Phi) is 5.02. The van der Waals surface area contributed by atoms with Gasteiger partial charge in [-0.1, -0.05) is 18.2 Å². The summed E-state index contributed by atoms with van der Waals surface area (Å²) in [5.74, 6) is 0.0201. The van der Waals surface area contributed by atoms with Gasteiger partial charge in [0.05, 0.1) is 6.04 Å². The van der Waals surface area contributed by atoms with Crippen LogP contribution in [0.15, 0.2) is 18.2 Å². The molecule has 1 saturated heterocycles. The molecule has 1 aliphatic heterocycles. The van der Waals surface area contributed by atoms with E-state index in [1.54, 1.807) is 7.11 Å². The van der Waals surface area contributed by atoms with E-state index in [0.29, 0.717) is 0 Å². The number of amides is 1. The van der Waals surface area contributed by atoms with Gasteiger partial charge in [0.15, 0.2) is 0 Å². The Morgan fingerprint density at radius 2 is 1.91 bits per heavy atom. The summed E-state index contributed by atoms with van der Waals surface area (Å²) in [5, 5.41) is 6.46. The van der Waals surface area contributed by atoms with Crippen LogP contribution in [0.25, 0.3) is 0 Å². The first-order valence-corrected chi connectivity index (χ1v) is 8.83. The summed E-state index contributed by atoms with van der Waals surface area (Å²) in [5.41, 5.74) is 3.45. The van der Waals surface area contributed by atoms with Crippen LogP contribution < -0.4 is 10.6 Å². The molecule has 2 N–H and O–H groups in total. The van der Waals surface area contributed by atoms with Crippen molar-refractivity contribution in [1.82, 2.24) is 10.6 Å². The molecule has 1 unspecified atom stereocenters. The van der Waals surface area contributed by atoms with Crippen LogP contribution in [0.4, 0.5) is 0 Å². The van der Waals surface area contributed by atoms with Crippen molar-refractivity contribution in [2.45, 2.75) is 57.1 Å². The minimum atomic E-state index is -0.673. The maximum absolute atomic E-state index is 12.8. The number of hydrogen-bond acceptors (Lipinski definition) is 3. The number of carbonyl (C=O) groups excluding carboxylic acids is 1. The van der Waals surface area contributed by atoms with Gasteiger partial charge < -0.3 is 15.4 Å². The number of fused-ring (bicyclic) bond motifs is 1. The number of rotatable bonds is 4. The summed E-state index contributed by atoms with van der Waals surface area (Å²) in [6, 6.07) is 6.69. The van der Waals surface area contributed by atoms with Gasteiger partial charge in [-0.2, -0.15) is 0 Å². The maximum atomic E-state index is 12.8. The Labute approximate surface area is 139 Å². The second-order valence-corrected chi connectivity index (χ2v) is 6.88. The van der Waals surface area contributed by atoms with Crippen LogP contribution in [-0.4, -0.2) is 31.7 Å². The van der Waals surface area contributed by atoms with Gasteiger partial charge in [0, 0.05) is 7.11 Å². The molecule has 2 aliphatic rings. The van der Waals surface area contributed by atoms with Crippen molar-refractivity contribution >= 4 is 5.91 Å². The zero-order chi connectivity index (χ0) is 16.3. The molecule has 4 heteroatoms. The molecule has 0 bridgehead atoms. The van der Waals surface area contributed by atoms with Crippen LogP contribution in [0, 0.1) is 0 Å². The Morgan fingerprint density at radius 3 is 2.61 bits per heavy atom. The normalized spacial score (nSPS) is 21.3. The molecule has 0 spiro atoms. The van der Waals surface area contributed by atoms with Crippen LogP contribution in [0.5, 0.6) is 0 Å². The second kappa shape index (κ2) is 7.02. The Hall–Kier alpha value is -1.39. The van der Waals surface area contributed by atoms with E-state index in [0.717, 1.165) is 32.4 Å². The van der Waals surface area contributed by atoms with E-state index in [2.05, 4.69) is 35.8 Å². The molecule has 0 aromatic heterocycles. The number of hydrogen-bond donors (Lipinski definition) is 2. The fourth-order valence-electron chi connectivity index (χ4n) is 3.79. The number of aryl methyl sites for hydroxylation is 2. The lowest BCUT2D eigenvalue weighted by Crippen LogP contribution is -2.54. The molecule has 1 heterocycles. The van der Waals surface area contributed by atoms with E-state index in [1.165, 1.54) is 36.0 Å². The SMILES string of the molecule is COC1(C(=O)NC(C)c2ccc3c(c2)CCCC3)CCNCC1. The van der Waals surface area contributed by atoms with E-state index in [9.17, 15) is 4.79 Å². The highest BCUT2D eigenvalue weighted by atomic mass is 16.5.